The number of carbonyl (C=O) groups excluding carboxylic acids is 2. The van der Waals surface area contributed by atoms with Gasteiger partial charge in [-0.1, -0.05) is 0 Å². The summed E-state index contributed by atoms with van der Waals surface area (Å²) in [5, 5.41) is 6.15. The molecule has 1 aromatic carbocycles. The molecule has 9 heteroatoms. The molecule has 2 N–H and O–H groups in total. The van der Waals surface area contributed by atoms with Gasteiger partial charge in [-0.15, -0.1) is 12.4 Å². The van der Waals surface area contributed by atoms with Crippen LogP contribution in [0.4, 0.5) is 0 Å². The van der Waals surface area contributed by atoms with E-state index in [1.54, 1.807) is 0 Å². The molecule has 0 spiro atoms. The van der Waals surface area contributed by atoms with E-state index in [2.05, 4.69) is 10.6 Å². The number of nitrogens with one attached hydrogen (secondary N) is 2. The van der Waals surface area contributed by atoms with Gasteiger partial charge in [0.1, 0.15) is 5.75 Å². The normalized spacial score (nSPS) is 17.3. The van der Waals surface area contributed by atoms with E-state index < -0.39 is 21.5 Å². The second-order valence-corrected chi connectivity index (χ2v) is 8.08. The zero-order valence-electron chi connectivity index (χ0n) is 14.3. The maximum atomic E-state index is 12.2. The van der Waals surface area contributed by atoms with Crippen molar-refractivity contribution in [3.8, 4) is 0 Å². The van der Waals surface area contributed by atoms with Crippen LogP contribution < -0.4 is 10.6 Å². The summed E-state index contributed by atoms with van der Waals surface area (Å²) in [7, 11) is -0.696. The van der Waals surface area contributed by atoms with Crippen molar-refractivity contribution in [1.82, 2.24) is 15.5 Å². The summed E-state index contributed by atoms with van der Waals surface area (Å²) in [6.45, 7) is 1.70. The molecule has 0 aromatic heterocycles. The summed E-state index contributed by atoms with van der Waals surface area (Å²) in [6.07, 6.45) is 1.94. The molecular formula is C16H24ClN3O4S. The quantitative estimate of drug-likeness (QED) is 0.762. The van der Waals surface area contributed by atoms with Crippen LogP contribution in [-0.2, 0) is 14.6 Å². The van der Waals surface area contributed by atoms with Crippen LogP contribution >= 0.6 is 12.4 Å². The third-order valence-electron chi connectivity index (χ3n) is 3.92. The highest BCUT2D eigenvalue weighted by molar-refractivity contribution is 7.92. The third-order valence-corrected chi connectivity index (χ3v) is 5.54. The monoisotopic (exact) mass is 389 g/mol. The van der Waals surface area contributed by atoms with Crippen LogP contribution in [0.1, 0.15) is 23.2 Å². The number of piperidine rings is 1. The summed E-state index contributed by atoms with van der Waals surface area (Å²) in [6, 6.07) is 5.77. The first-order valence-corrected chi connectivity index (χ1v) is 9.49. The van der Waals surface area contributed by atoms with Gasteiger partial charge in [-0.25, -0.2) is 8.42 Å². The highest BCUT2D eigenvalue weighted by Crippen LogP contribution is 2.13. The van der Waals surface area contributed by atoms with Gasteiger partial charge in [0.05, 0.1) is 4.90 Å². The van der Waals surface area contributed by atoms with Crippen LogP contribution in [-0.4, -0.2) is 64.1 Å². The fourth-order valence-electron chi connectivity index (χ4n) is 2.43. The van der Waals surface area contributed by atoms with Crippen molar-refractivity contribution in [3.05, 3.63) is 29.8 Å². The van der Waals surface area contributed by atoms with E-state index in [4.69, 9.17) is 0 Å². The third kappa shape index (κ3) is 5.98. The van der Waals surface area contributed by atoms with E-state index in [1.807, 2.05) is 0 Å². The van der Waals surface area contributed by atoms with Crippen LogP contribution in [0.15, 0.2) is 29.2 Å². The van der Waals surface area contributed by atoms with E-state index in [-0.39, 0.29) is 29.3 Å². The molecule has 2 rings (SSSR count). The molecule has 0 bridgehead atoms. The Morgan fingerprint density at radius 2 is 1.88 bits per heavy atom. The Labute approximate surface area is 154 Å². The summed E-state index contributed by atoms with van der Waals surface area (Å²) in [5.41, 5.74) is 0.401. The minimum atomic E-state index is -3.71. The number of hydrogen-bond acceptors (Lipinski definition) is 5. The standard InChI is InChI=1S/C16H23N3O4S.ClH/c1-19(2)15(20)11-24(22,23)14-7-5-12(6-8-14)16(21)18-13-4-3-9-17-10-13;/h5-8,13,17H,3-4,9-11H2,1-2H3,(H,18,21);1H/t13-;/m0./s1. The number of rotatable bonds is 5. The lowest BCUT2D eigenvalue weighted by molar-refractivity contribution is -0.125. The Kier molecular flexibility index (Phi) is 7.85. The van der Waals surface area contributed by atoms with Crippen molar-refractivity contribution in [1.29, 1.82) is 0 Å². The van der Waals surface area contributed by atoms with Gasteiger partial charge in [0.25, 0.3) is 5.91 Å². The Morgan fingerprint density at radius 3 is 2.40 bits per heavy atom. The van der Waals surface area contributed by atoms with Crippen molar-refractivity contribution in [2.75, 3.05) is 32.9 Å². The molecule has 0 unspecified atom stereocenters. The van der Waals surface area contributed by atoms with Crippen molar-refractivity contribution in [2.24, 2.45) is 0 Å². The molecule has 0 aliphatic carbocycles. The van der Waals surface area contributed by atoms with Crippen molar-refractivity contribution >= 4 is 34.1 Å². The fraction of sp³-hybridized carbons (Fsp3) is 0.500. The minimum absolute atomic E-state index is 0. The first-order chi connectivity index (χ1) is 11.3. The van der Waals surface area contributed by atoms with Crippen molar-refractivity contribution in [2.45, 2.75) is 23.8 Å². The smallest absolute Gasteiger partial charge is 0.251 e. The predicted molar refractivity (Wildman–Crippen MR) is 97.8 cm³/mol. The number of carbonyl (C=O) groups is 2. The Morgan fingerprint density at radius 1 is 1.24 bits per heavy atom. The lowest BCUT2D eigenvalue weighted by Gasteiger charge is -2.23. The molecule has 7 nitrogen and oxygen atoms in total. The largest absolute Gasteiger partial charge is 0.348 e. The molecule has 25 heavy (non-hydrogen) atoms. The van der Waals surface area contributed by atoms with E-state index in [0.717, 1.165) is 25.9 Å². The lowest BCUT2D eigenvalue weighted by Crippen LogP contribution is -2.45. The molecule has 1 aliphatic heterocycles. The second-order valence-electron chi connectivity index (χ2n) is 6.09. The minimum Gasteiger partial charge on any atom is -0.348 e. The highest BCUT2D eigenvalue weighted by atomic mass is 35.5. The second kappa shape index (κ2) is 9.17. The maximum Gasteiger partial charge on any atom is 0.251 e. The topological polar surface area (TPSA) is 95.6 Å². The van der Waals surface area contributed by atoms with Gasteiger partial charge in [0.2, 0.25) is 5.91 Å². The van der Waals surface area contributed by atoms with Crippen molar-refractivity contribution < 1.29 is 18.0 Å². The number of halogens is 1. The first-order valence-electron chi connectivity index (χ1n) is 7.84. The van der Waals surface area contributed by atoms with E-state index in [1.165, 1.54) is 43.3 Å². The van der Waals surface area contributed by atoms with Crippen molar-refractivity contribution in [3.63, 3.8) is 0 Å². The molecule has 1 aromatic rings. The number of nitrogens with zero attached hydrogens (tertiary/aromatic N) is 1. The number of hydrogen-bond donors (Lipinski definition) is 2. The van der Waals surface area contributed by atoms with E-state index >= 15 is 0 Å². The zero-order chi connectivity index (χ0) is 17.7. The van der Waals surface area contributed by atoms with Crippen LogP contribution in [0.3, 0.4) is 0 Å². The SMILES string of the molecule is CN(C)C(=O)CS(=O)(=O)c1ccc(C(=O)N[C@H]2CCCNC2)cc1.Cl. The zero-order valence-corrected chi connectivity index (χ0v) is 16.0. The van der Waals surface area contributed by atoms with Gasteiger partial charge in [-0.05, 0) is 43.7 Å². The van der Waals surface area contributed by atoms with Gasteiger partial charge in [0, 0.05) is 32.2 Å². The molecular weight excluding hydrogens is 366 g/mol. The van der Waals surface area contributed by atoms with Gasteiger partial charge >= 0.3 is 0 Å². The summed E-state index contributed by atoms with van der Waals surface area (Å²) in [4.78, 5) is 25.1. The number of amides is 2. The van der Waals surface area contributed by atoms with Crippen LogP contribution in [0.2, 0.25) is 0 Å². The molecule has 0 radical (unpaired) electrons. The molecule has 2 amide bonds. The Bertz CT molecular complexity index is 699. The van der Waals surface area contributed by atoms with Gasteiger partial charge in [0.15, 0.2) is 9.84 Å². The molecule has 0 saturated carbocycles. The van der Waals surface area contributed by atoms with E-state index in [9.17, 15) is 18.0 Å². The first kappa shape index (κ1) is 21.4. The highest BCUT2D eigenvalue weighted by Gasteiger charge is 2.21. The average molecular weight is 390 g/mol. The van der Waals surface area contributed by atoms with Gasteiger partial charge < -0.3 is 15.5 Å². The molecule has 1 atom stereocenters. The van der Waals surface area contributed by atoms with E-state index in [0.29, 0.717) is 5.56 Å². The summed E-state index contributed by atoms with van der Waals surface area (Å²) >= 11 is 0. The Balaban J connectivity index is 0.00000312. The van der Waals surface area contributed by atoms with Crippen LogP contribution in [0.25, 0.3) is 0 Å². The summed E-state index contributed by atoms with van der Waals surface area (Å²) < 4.78 is 24.4. The molecule has 1 aliphatic rings. The van der Waals surface area contributed by atoms with Gasteiger partial charge in [-0.2, -0.15) is 0 Å². The van der Waals surface area contributed by atoms with Gasteiger partial charge in [-0.3, -0.25) is 9.59 Å². The summed E-state index contributed by atoms with van der Waals surface area (Å²) in [5.74, 6) is -1.29. The van der Waals surface area contributed by atoms with Crippen LogP contribution in [0, 0.1) is 0 Å². The average Bonchev–Trinajstić information content (AvgIpc) is 2.55. The predicted octanol–water partition coefficient (Wildman–Crippen LogP) is 0.452. The number of benzene rings is 1. The number of sulfone groups is 1. The molecule has 140 valence electrons. The molecule has 1 saturated heterocycles. The lowest BCUT2D eigenvalue weighted by atomic mass is 10.1. The maximum absolute atomic E-state index is 12.2. The molecule has 1 heterocycles. The fourth-order valence-corrected chi connectivity index (χ4v) is 3.73. The Hall–Kier alpha value is -1.64. The van der Waals surface area contributed by atoms with Crippen LogP contribution in [0.5, 0.6) is 0 Å². The molecule has 1 fully saturated rings.